The first-order valence-corrected chi connectivity index (χ1v) is 7.87. The number of ether oxygens (including phenoxy) is 1. The Balaban J connectivity index is 2.66. The van der Waals surface area contributed by atoms with Gasteiger partial charge in [0.2, 0.25) is 0 Å². The zero-order valence-electron chi connectivity index (χ0n) is 13.1. The van der Waals surface area contributed by atoms with Gasteiger partial charge in [-0.1, -0.05) is 22.0 Å². The van der Waals surface area contributed by atoms with Gasteiger partial charge in [-0.25, -0.2) is 9.48 Å². The van der Waals surface area contributed by atoms with Gasteiger partial charge in [-0.3, -0.25) is 9.59 Å². The van der Waals surface area contributed by atoms with E-state index in [9.17, 15) is 27.6 Å². The van der Waals surface area contributed by atoms with Crippen molar-refractivity contribution in [1.82, 2.24) is 9.78 Å². The van der Waals surface area contributed by atoms with Crippen LogP contribution in [0, 0.1) is 0 Å². The molecular weight excluding hydrogens is 423 g/mol. The van der Waals surface area contributed by atoms with Crippen LogP contribution in [0.5, 0.6) is 0 Å². The molecule has 1 heterocycles. The highest BCUT2D eigenvalue weighted by atomic mass is 79.9. The molecule has 2 rings (SSSR count). The smallest absolute Gasteiger partial charge is 0.461 e. The fraction of sp³-hybridized carbons (Fsp3) is 0.200. The Labute approximate surface area is 153 Å². The van der Waals surface area contributed by atoms with Gasteiger partial charge < -0.3 is 10.1 Å². The van der Waals surface area contributed by atoms with Gasteiger partial charge in [0.25, 0.3) is 0 Å². The van der Waals surface area contributed by atoms with Crippen molar-refractivity contribution in [3.63, 3.8) is 0 Å². The van der Waals surface area contributed by atoms with Gasteiger partial charge in [-0.2, -0.15) is 18.3 Å². The van der Waals surface area contributed by atoms with E-state index >= 15 is 0 Å². The molecule has 1 amide bonds. The molecule has 0 unspecified atom stereocenters. The number of esters is 1. The van der Waals surface area contributed by atoms with Crippen molar-refractivity contribution in [3.05, 3.63) is 40.0 Å². The lowest BCUT2D eigenvalue weighted by molar-refractivity contribution is -0.167. The number of amides is 1. The zero-order chi connectivity index (χ0) is 19.5. The lowest BCUT2D eigenvalue weighted by atomic mass is 10.2. The van der Waals surface area contributed by atoms with Crippen LogP contribution in [-0.2, 0) is 9.53 Å². The minimum atomic E-state index is -5.20. The van der Waals surface area contributed by atoms with Gasteiger partial charge in [-0.15, -0.1) is 0 Å². The van der Waals surface area contributed by atoms with Crippen molar-refractivity contribution in [2.24, 2.45) is 0 Å². The normalized spacial score (nSPS) is 11.1. The third-order valence-corrected chi connectivity index (χ3v) is 3.54. The van der Waals surface area contributed by atoms with E-state index in [1.54, 1.807) is 17.4 Å². The molecule has 2 aromatic rings. The molecule has 0 radical (unpaired) electrons. The first-order chi connectivity index (χ1) is 12.2. The molecule has 0 atom stereocenters. The number of nitrogens with one attached hydrogen (secondary N) is 1. The van der Waals surface area contributed by atoms with Crippen LogP contribution < -0.4 is 5.32 Å². The van der Waals surface area contributed by atoms with Crippen molar-refractivity contribution in [1.29, 1.82) is 0 Å². The summed E-state index contributed by atoms with van der Waals surface area (Å²) in [6.07, 6.45) is -5.07. The summed E-state index contributed by atoms with van der Waals surface area (Å²) < 4.78 is 44.0. The van der Waals surface area contributed by atoms with Crippen molar-refractivity contribution >= 4 is 39.9 Å². The maximum absolute atomic E-state index is 12.6. The maximum atomic E-state index is 12.6. The van der Waals surface area contributed by atoms with Gasteiger partial charge >= 0.3 is 18.1 Å². The monoisotopic (exact) mass is 433 g/mol. The number of hydrogen-bond acceptors (Lipinski definition) is 5. The number of halogens is 4. The molecular formula is C15H11BrF3N3O4. The molecule has 0 fully saturated rings. The number of anilines is 1. The third kappa shape index (κ3) is 4.10. The number of rotatable bonds is 5. The molecule has 0 bridgehead atoms. The second kappa shape index (κ2) is 7.68. The number of nitrogens with zero attached hydrogens (tertiary/aromatic N) is 2. The van der Waals surface area contributed by atoms with E-state index in [1.165, 1.54) is 19.1 Å². The summed E-state index contributed by atoms with van der Waals surface area (Å²) in [4.78, 5) is 34.7. The highest BCUT2D eigenvalue weighted by molar-refractivity contribution is 9.10. The SMILES string of the molecule is CCOC(=O)c1nn(-c2cccc(Br)c2)c(NC(=O)C(F)(F)F)c1C=O. The van der Waals surface area contributed by atoms with Crippen LogP contribution in [0.2, 0.25) is 0 Å². The summed E-state index contributed by atoms with van der Waals surface area (Å²) in [6.45, 7) is 1.47. The number of alkyl halides is 3. The molecule has 0 aliphatic rings. The van der Waals surface area contributed by atoms with Crippen LogP contribution >= 0.6 is 15.9 Å². The van der Waals surface area contributed by atoms with E-state index in [1.807, 2.05) is 0 Å². The Morgan fingerprint density at radius 3 is 2.62 bits per heavy atom. The number of aldehydes is 1. The van der Waals surface area contributed by atoms with Gasteiger partial charge in [0, 0.05) is 4.47 Å². The molecule has 0 spiro atoms. The summed E-state index contributed by atoms with van der Waals surface area (Å²) in [6, 6.07) is 6.14. The topological polar surface area (TPSA) is 90.3 Å². The van der Waals surface area contributed by atoms with Crippen molar-refractivity contribution < 1.29 is 32.3 Å². The van der Waals surface area contributed by atoms with Gasteiger partial charge in [0.1, 0.15) is 5.82 Å². The van der Waals surface area contributed by atoms with Gasteiger partial charge in [-0.05, 0) is 25.1 Å². The van der Waals surface area contributed by atoms with Crippen LogP contribution in [0.25, 0.3) is 5.69 Å². The predicted octanol–water partition coefficient (Wildman–Crippen LogP) is 3.12. The van der Waals surface area contributed by atoms with Crippen molar-refractivity contribution in [2.45, 2.75) is 13.1 Å². The van der Waals surface area contributed by atoms with Gasteiger partial charge in [0.15, 0.2) is 12.0 Å². The summed E-state index contributed by atoms with van der Waals surface area (Å²) in [5.41, 5.74) is -0.837. The predicted molar refractivity (Wildman–Crippen MR) is 87.3 cm³/mol. The first-order valence-electron chi connectivity index (χ1n) is 7.08. The summed E-state index contributed by atoms with van der Waals surface area (Å²) >= 11 is 3.19. The molecule has 26 heavy (non-hydrogen) atoms. The Kier molecular flexibility index (Phi) is 5.80. The Morgan fingerprint density at radius 2 is 2.08 bits per heavy atom. The van der Waals surface area contributed by atoms with Crippen LogP contribution in [0.15, 0.2) is 28.7 Å². The third-order valence-electron chi connectivity index (χ3n) is 3.05. The molecule has 0 saturated carbocycles. The summed E-state index contributed by atoms with van der Waals surface area (Å²) in [5, 5.41) is 5.44. The molecule has 7 nitrogen and oxygen atoms in total. The van der Waals surface area contributed by atoms with Crippen LogP contribution in [-0.4, -0.2) is 40.7 Å². The molecule has 0 saturated heterocycles. The second-order valence-corrected chi connectivity index (χ2v) is 5.71. The lowest BCUT2D eigenvalue weighted by Gasteiger charge is -2.11. The standard InChI is InChI=1S/C15H11BrF3N3O4/c1-2-26-13(24)11-10(7-23)12(20-14(25)15(17,18)19)22(21-11)9-5-3-4-8(16)6-9/h3-7H,2H2,1H3,(H,20,25). The lowest BCUT2D eigenvalue weighted by Crippen LogP contribution is -2.31. The van der Waals surface area contributed by atoms with Crippen molar-refractivity contribution in [2.75, 3.05) is 11.9 Å². The summed E-state index contributed by atoms with van der Waals surface area (Å²) in [5.74, 6) is -3.92. The average Bonchev–Trinajstić information content (AvgIpc) is 2.92. The molecule has 1 aromatic heterocycles. The molecule has 1 aromatic carbocycles. The second-order valence-electron chi connectivity index (χ2n) is 4.79. The fourth-order valence-corrected chi connectivity index (χ4v) is 2.37. The molecule has 0 aliphatic heterocycles. The minimum absolute atomic E-state index is 0.0366. The maximum Gasteiger partial charge on any atom is 0.471 e. The zero-order valence-corrected chi connectivity index (χ0v) is 14.7. The fourth-order valence-electron chi connectivity index (χ4n) is 1.99. The Morgan fingerprint density at radius 1 is 1.38 bits per heavy atom. The van der Waals surface area contributed by atoms with E-state index in [-0.39, 0.29) is 18.6 Å². The van der Waals surface area contributed by atoms with Crippen LogP contribution in [0.3, 0.4) is 0 Å². The quantitative estimate of drug-likeness (QED) is 0.577. The van der Waals surface area contributed by atoms with E-state index < -0.39 is 35.1 Å². The Bertz CT molecular complexity index is 864. The van der Waals surface area contributed by atoms with E-state index in [0.29, 0.717) is 4.47 Å². The largest absolute Gasteiger partial charge is 0.471 e. The van der Waals surface area contributed by atoms with E-state index in [0.717, 1.165) is 4.68 Å². The number of carbonyl (C=O) groups excluding carboxylic acids is 3. The summed E-state index contributed by atoms with van der Waals surface area (Å²) in [7, 11) is 0. The molecule has 0 aliphatic carbocycles. The molecule has 11 heteroatoms. The highest BCUT2D eigenvalue weighted by Crippen LogP contribution is 2.27. The average molecular weight is 434 g/mol. The Hall–Kier alpha value is -2.69. The van der Waals surface area contributed by atoms with Crippen LogP contribution in [0.1, 0.15) is 27.8 Å². The van der Waals surface area contributed by atoms with E-state index in [2.05, 4.69) is 21.0 Å². The number of carbonyl (C=O) groups is 3. The highest BCUT2D eigenvalue weighted by Gasteiger charge is 2.40. The number of benzene rings is 1. The van der Waals surface area contributed by atoms with Crippen LogP contribution in [0.4, 0.5) is 19.0 Å². The number of aromatic nitrogens is 2. The van der Waals surface area contributed by atoms with Crippen molar-refractivity contribution in [3.8, 4) is 5.69 Å². The number of hydrogen-bond donors (Lipinski definition) is 1. The minimum Gasteiger partial charge on any atom is -0.461 e. The molecule has 1 N–H and O–H groups in total. The molecule has 138 valence electrons. The van der Waals surface area contributed by atoms with E-state index in [4.69, 9.17) is 4.74 Å². The first kappa shape index (κ1) is 19.6. The van der Waals surface area contributed by atoms with Gasteiger partial charge in [0.05, 0.1) is 17.9 Å².